The number of allylic oxidation sites excluding steroid dienone is 3. The van der Waals surface area contributed by atoms with Gasteiger partial charge in [0, 0.05) is 17.1 Å². The summed E-state index contributed by atoms with van der Waals surface area (Å²) in [6.07, 6.45) is 3.12. The molecule has 0 spiro atoms. The minimum Gasteiger partial charge on any atom is -0.857 e. The molecule has 0 unspecified atom stereocenters. The molecule has 0 bridgehead atoms. The first kappa shape index (κ1) is 36.4. The average Bonchev–Trinajstić information content (AvgIpc) is 3.56. The number of ketones is 1. The zero-order chi connectivity index (χ0) is 35.1. The van der Waals surface area contributed by atoms with Gasteiger partial charge in [0.25, 0.3) is 0 Å². The summed E-state index contributed by atoms with van der Waals surface area (Å²) in [4.78, 5) is 35.2. The van der Waals surface area contributed by atoms with Crippen LogP contribution in [0.3, 0.4) is 0 Å². The molecular formula is C33H24CoN9O7. The third-order valence-electron chi connectivity index (χ3n) is 6.77. The monoisotopic (exact) mass is 717 g/mol. The number of carboxylic acid groups (broad SMARTS) is 1. The Morgan fingerprint density at radius 3 is 2.10 bits per heavy atom. The molecule has 1 aromatic heterocycles. The maximum Gasteiger partial charge on any atom is 3.00 e. The van der Waals surface area contributed by atoms with E-state index < -0.39 is 28.8 Å². The number of rotatable bonds is 7. The first-order valence-electron chi connectivity index (χ1n) is 14.3. The van der Waals surface area contributed by atoms with Gasteiger partial charge in [-0.3, -0.25) is 9.59 Å². The number of aromatic carboxylic acids is 1. The van der Waals surface area contributed by atoms with Crippen molar-refractivity contribution in [2.75, 3.05) is 5.01 Å². The van der Waals surface area contributed by atoms with E-state index in [1.165, 1.54) is 21.8 Å². The number of hydrazone groups is 1. The van der Waals surface area contributed by atoms with Crippen molar-refractivity contribution in [3.63, 3.8) is 0 Å². The molecule has 1 aliphatic carbocycles. The summed E-state index contributed by atoms with van der Waals surface area (Å²) < 4.78 is 1.23. The second kappa shape index (κ2) is 16.1. The molecule has 2 heterocycles. The van der Waals surface area contributed by atoms with Crippen LogP contribution in [0.2, 0.25) is 0 Å². The Bertz CT molecular complexity index is 2110. The fraction of sp³-hybridized carbons (Fsp3) is 0.0606. The van der Waals surface area contributed by atoms with Crippen molar-refractivity contribution >= 4 is 51.9 Å². The number of azo groups is 1. The topological polar surface area (TPSA) is 230 Å². The number of carboxylic acids is 1. The molecular weight excluding hydrogens is 693 g/mol. The van der Waals surface area contributed by atoms with E-state index in [2.05, 4.69) is 30.6 Å². The molecule has 4 aromatic rings. The van der Waals surface area contributed by atoms with Gasteiger partial charge in [0.15, 0.2) is 5.71 Å². The summed E-state index contributed by atoms with van der Waals surface area (Å²) >= 11 is 0. The normalized spacial score (nSPS) is 15.5. The molecule has 0 saturated heterocycles. The number of anilines is 1. The van der Waals surface area contributed by atoms with E-state index in [1.54, 1.807) is 74.5 Å². The number of aromatic nitrogens is 2. The Kier molecular flexibility index (Phi) is 11.8. The number of aryl methyl sites for hydroxylation is 1. The number of hydrogen-bond acceptors (Lipinski definition) is 14. The van der Waals surface area contributed by atoms with E-state index in [9.17, 15) is 35.0 Å². The van der Waals surface area contributed by atoms with Crippen molar-refractivity contribution in [2.45, 2.75) is 13.8 Å². The Hall–Kier alpha value is -6.40. The second-order valence-corrected chi connectivity index (χ2v) is 10.1. The average molecular weight is 718 g/mol. The van der Waals surface area contributed by atoms with Gasteiger partial charge in [-0.05, 0) is 62.4 Å². The van der Waals surface area contributed by atoms with Crippen LogP contribution in [-0.2, 0) is 26.4 Å². The van der Waals surface area contributed by atoms with Crippen LogP contribution in [0.5, 0.6) is 5.88 Å². The fourth-order valence-electron chi connectivity index (χ4n) is 4.35. The van der Waals surface area contributed by atoms with Crippen LogP contribution in [0, 0.1) is 17.3 Å². The van der Waals surface area contributed by atoms with Crippen molar-refractivity contribution < 1.29 is 42.8 Å². The number of carbonyl (C=O) groups excluding carboxylic acids is 3. The van der Waals surface area contributed by atoms with Gasteiger partial charge in [-0.25, -0.2) is 4.68 Å². The molecule has 50 heavy (non-hydrogen) atoms. The predicted molar refractivity (Wildman–Crippen MR) is 177 cm³/mol. The van der Waals surface area contributed by atoms with Crippen molar-refractivity contribution in [3.05, 3.63) is 131 Å². The summed E-state index contributed by atoms with van der Waals surface area (Å²) in [6, 6.07) is 23.7. The van der Waals surface area contributed by atoms with Crippen LogP contribution in [0.4, 0.5) is 17.1 Å². The SMILES string of the molecule is CC1=NN(c2ccccc2)C(=O)C1=NN=C1C=C(N([O-])[O-])C=CC1=O.Cc1nn(-c2ccccc2)c([O-])c1N=Nc1ccccc1C(=O)[O-].[Co+3].[H+]. The van der Waals surface area contributed by atoms with Gasteiger partial charge in [0.2, 0.25) is 5.78 Å². The fourth-order valence-corrected chi connectivity index (χ4v) is 4.35. The Morgan fingerprint density at radius 1 is 0.840 bits per heavy atom. The molecule has 16 nitrogen and oxygen atoms in total. The number of carbonyl (C=O) groups is 3. The minimum atomic E-state index is -1.36. The molecule has 1 amide bonds. The van der Waals surface area contributed by atoms with Crippen LogP contribution < -0.4 is 15.2 Å². The zero-order valence-corrected chi connectivity index (χ0v) is 27.1. The van der Waals surface area contributed by atoms with Gasteiger partial charge in [-0.2, -0.15) is 15.2 Å². The zero-order valence-electron chi connectivity index (χ0n) is 27.0. The quantitative estimate of drug-likeness (QED) is 0.154. The van der Waals surface area contributed by atoms with E-state index in [-0.39, 0.29) is 52.3 Å². The molecule has 3 aromatic carbocycles. The predicted octanol–water partition coefficient (Wildman–Crippen LogP) is 3.67. The van der Waals surface area contributed by atoms with E-state index in [1.807, 2.05) is 12.1 Å². The van der Waals surface area contributed by atoms with E-state index >= 15 is 0 Å². The number of hydrogen-bond donors (Lipinski definition) is 0. The van der Waals surface area contributed by atoms with Gasteiger partial charge in [0.05, 0.1) is 34.4 Å². The van der Waals surface area contributed by atoms with Crippen LogP contribution in [0.1, 0.15) is 24.4 Å². The minimum absolute atomic E-state index is 0. The molecule has 1 aliphatic heterocycles. The van der Waals surface area contributed by atoms with Crippen LogP contribution >= 0.6 is 0 Å². The van der Waals surface area contributed by atoms with Crippen molar-refractivity contribution in [1.29, 1.82) is 0 Å². The molecule has 0 fully saturated rings. The van der Waals surface area contributed by atoms with Gasteiger partial charge in [0.1, 0.15) is 11.4 Å². The third kappa shape index (κ3) is 8.17. The Labute approximate surface area is 295 Å². The standard InChI is InChI=1S/C17H14N4O3.C16H11N5O4.Co/c1-11-15(16(22)21(20-11)12-7-3-2-4-8-12)19-18-14-10-6-5-9-13(14)17(23)24;1-10-15(16(23)20(19-10)11-5-3-2-4-6-11)18-17-13-9-12(21(24)25)7-8-14(13)22;/h2-10,22H,1H3,(H,23,24);2-9H,1H3;/q;-2;+3/p-1. The molecule has 0 N–H and O–H groups in total. The van der Waals surface area contributed by atoms with E-state index in [4.69, 9.17) is 0 Å². The summed E-state index contributed by atoms with van der Waals surface area (Å²) in [5, 5.41) is 69.2. The van der Waals surface area contributed by atoms with E-state index in [0.717, 1.165) is 18.2 Å². The number of nitrogens with zero attached hydrogens (tertiary/aromatic N) is 9. The second-order valence-electron chi connectivity index (χ2n) is 10.1. The van der Waals surface area contributed by atoms with E-state index in [0.29, 0.717) is 22.8 Å². The van der Waals surface area contributed by atoms with Gasteiger partial charge in [-0.1, -0.05) is 54.6 Å². The summed E-state index contributed by atoms with van der Waals surface area (Å²) in [7, 11) is 0. The molecule has 6 rings (SSSR count). The maximum absolute atomic E-state index is 12.4. The Morgan fingerprint density at radius 2 is 1.46 bits per heavy atom. The van der Waals surface area contributed by atoms with Gasteiger partial charge in [-0.15, -0.1) is 20.4 Å². The number of amides is 1. The van der Waals surface area contributed by atoms with Crippen molar-refractivity contribution in [1.82, 2.24) is 15.0 Å². The molecule has 252 valence electrons. The largest absolute Gasteiger partial charge is 3.00 e. The summed E-state index contributed by atoms with van der Waals surface area (Å²) in [5.74, 6) is -2.81. The van der Waals surface area contributed by atoms with Gasteiger partial charge >= 0.3 is 24.1 Å². The van der Waals surface area contributed by atoms with Crippen LogP contribution in [-0.4, -0.2) is 49.8 Å². The van der Waals surface area contributed by atoms with Crippen LogP contribution in [0.25, 0.3) is 5.69 Å². The molecule has 2 aliphatic rings. The summed E-state index contributed by atoms with van der Waals surface area (Å²) in [5.41, 5.74) is 1.45. The summed E-state index contributed by atoms with van der Waals surface area (Å²) in [6.45, 7) is 3.22. The number of hydroxylamine groups is 2. The smallest absolute Gasteiger partial charge is 0.857 e. The number of benzene rings is 3. The Balaban J connectivity index is 0.000000265. The first-order chi connectivity index (χ1) is 23.5. The maximum atomic E-state index is 12.4. The first-order valence-corrected chi connectivity index (χ1v) is 14.3. The molecule has 0 saturated carbocycles. The molecule has 0 radical (unpaired) electrons. The van der Waals surface area contributed by atoms with Crippen molar-refractivity contribution in [3.8, 4) is 11.6 Å². The van der Waals surface area contributed by atoms with Crippen molar-refractivity contribution in [2.24, 2.45) is 25.5 Å². The third-order valence-corrected chi connectivity index (χ3v) is 6.77. The van der Waals surface area contributed by atoms with Crippen LogP contribution in [0.15, 0.2) is 134 Å². The molecule has 17 heteroatoms. The number of para-hydroxylation sites is 2. The van der Waals surface area contributed by atoms with Gasteiger partial charge < -0.3 is 30.6 Å². The molecule has 0 atom stereocenters.